The highest BCUT2D eigenvalue weighted by molar-refractivity contribution is 6.34. The molecule has 0 radical (unpaired) electrons. The van der Waals surface area contributed by atoms with Gasteiger partial charge in [0.25, 0.3) is 5.91 Å². The number of hydrogen-bond donors (Lipinski definition) is 2. The van der Waals surface area contributed by atoms with Gasteiger partial charge in [0.05, 0.1) is 10.6 Å². The summed E-state index contributed by atoms with van der Waals surface area (Å²) >= 11 is 6.00. The molecule has 0 atom stereocenters. The van der Waals surface area contributed by atoms with Crippen LogP contribution in [0, 0.1) is 0 Å². The highest BCUT2D eigenvalue weighted by atomic mass is 35.5. The summed E-state index contributed by atoms with van der Waals surface area (Å²) in [6.45, 7) is 2.58. The predicted molar refractivity (Wildman–Crippen MR) is 82.9 cm³/mol. The molecule has 4 heteroatoms. The van der Waals surface area contributed by atoms with Crippen molar-refractivity contribution in [3.63, 3.8) is 0 Å². The number of aryl methyl sites for hydroxylation is 1. The second-order valence-electron chi connectivity index (χ2n) is 4.59. The molecule has 0 heterocycles. The number of halogens is 1. The van der Waals surface area contributed by atoms with E-state index in [1.165, 1.54) is 5.56 Å². The van der Waals surface area contributed by atoms with Crippen molar-refractivity contribution in [1.29, 1.82) is 0 Å². The smallest absolute Gasteiger partial charge is 0.253 e. The molecule has 104 valence electrons. The van der Waals surface area contributed by atoms with Crippen LogP contribution in [-0.2, 0) is 13.0 Å². The molecule has 0 spiro atoms. The van der Waals surface area contributed by atoms with Crippen molar-refractivity contribution in [2.45, 2.75) is 19.9 Å². The number of nitrogens with two attached hydrogens (primary N) is 1. The van der Waals surface area contributed by atoms with Gasteiger partial charge in [-0.15, -0.1) is 0 Å². The number of nitrogen functional groups attached to an aromatic ring is 1. The molecule has 20 heavy (non-hydrogen) atoms. The average molecular weight is 289 g/mol. The van der Waals surface area contributed by atoms with E-state index in [0.29, 0.717) is 22.8 Å². The van der Waals surface area contributed by atoms with E-state index in [-0.39, 0.29) is 5.91 Å². The van der Waals surface area contributed by atoms with Crippen LogP contribution in [-0.4, -0.2) is 5.91 Å². The van der Waals surface area contributed by atoms with Crippen molar-refractivity contribution in [2.75, 3.05) is 5.73 Å². The third kappa shape index (κ3) is 3.52. The summed E-state index contributed by atoms with van der Waals surface area (Å²) < 4.78 is 0. The maximum absolute atomic E-state index is 12.1. The van der Waals surface area contributed by atoms with Crippen molar-refractivity contribution in [2.24, 2.45) is 0 Å². The van der Waals surface area contributed by atoms with Crippen LogP contribution in [0.4, 0.5) is 5.69 Å². The Balaban J connectivity index is 2.02. The summed E-state index contributed by atoms with van der Waals surface area (Å²) in [4.78, 5) is 12.1. The molecule has 0 aromatic heterocycles. The van der Waals surface area contributed by atoms with Crippen LogP contribution in [0.1, 0.15) is 28.4 Å². The largest absolute Gasteiger partial charge is 0.399 e. The van der Waals surface area contributed by atoms with E-state index in [1.54, 1.807) is 18.2 Å². The Morgan fingerprint density at radius 2 is 1.80 bits per heavy atom. The van der Waals surface area contributed by atoms with E-state index in [1.807, 2.05) is 12.1 Å². The zero-order chi connectivity index (χ0) is 14.5. The van der Waals surface area contributed by atoms with Crippen molar-refractivity contribution in [3.05, 3.63) is 64.2 Å². The maximum atomic E-state index is 12.1. The van der Waals surface area contributed by atoms with Crippen molar-refractivity contribution in [1.82, 2.24) is 5.32 Å². The first kappa shape index (κ1) is 14.4. The molecule has 2 aromatic carbocycles. The third-order valence-electron chi connectivity index (χ3n) is 3.12. The van der Waals surface area contributed by atoms with Gasteiger partial charge >= 0.3 is 0 Å². The molecule has 0 saturated heterocycles. The number of nitrogens with one attached hydrogen (secondary N) is 1. The highest BCUT2D eigenvalue weighted by Crippen LogP contribution is 2.18. The number of rotatable bonds is 4. The Kier molecular flexibility index (Phi) is 4.64. The fraction of sp³-hybridized carbons (Fsp3) is 0.188. The summed E-state index contributed by atoms with van der Waals surface area (Å²) in [5, 5.41) is 3.24. The first-order valence-electron chi connectivity index (χ1n) is 6.51. The van der Waals surface area contributed by atoms with Gasteiger partial charge in [-0.25, -0.2) is 0 Å². The summed E-state index contributed by atoms with van der Waals surface area (Å²) in [6.07, 6.45) is 1.01. The zero-order valence-corrected chi connectivity index (χ0v) is 12.1. The number of amides is 1. The van der Waals surface area contributed by atoms with E-state index in [2.05, 4.69) is 24.4 Å². The first-order chi connectivity index (χ1) is 9.60. The molecule has 1 amide bonds. The van der Waals surface area contributed by atoms with E-state index < -0.39 is 0 Å². The highest BCUT2D eigenvalue weighted by Gasteiger charge is 2.10. The second-order valence-corrected chi connectivity index (χ2v) is 5.00. The lowest BCUT2D eigenvalue weighted by atomic mass is 10.1. The van der Waals surface area contributed by atoms with Gasteiger partial charge in [0, 0.05) is 12.2 Å². The van der Waals surface area contributed by atoms with Gasteiger partial charge < -0.3 is 11.1 Å². The third-order valence-corrected chi connectivity index (χ3v) is 3.45. The van der Waals surface area contributed by atoms with Crippen LogP contribution in [0.15, 0.2) is 42.5 Å². The number of benzene rings is 2. The van der Waals surface area contributed by atoms with Crippen molar-refractivity contribution in [3.8, 4) is 0 Å². The molecule has 0 unspecified atom stereocenters. The zero-order valence-electron chi connectivity index (χ0n) is 11.3. The maximum Gasteiger partial charge on any atom is 0.253 e. The van der Waals surface area contributed by atoms with Gasteiger partial charge in [0.2, 0.25) is 0 Å². The molecule has 0 aliphatic rings. The monoisotopic (exact) mass is 288 g/mol. The summed E-state index contributed by atoms with van der Waals surface area (Å²) in [6, 6.07) is 13.0. The quantitative estimate of drug-likeness (QED) is 0.847. The first-order valence-corrected chi connectivity index (χ1v) is 6.89. The lowest BCUT2D eigenvalue weighted by molar-refractivity contribution is 0.0951. The van der Waals surface area contributed by atoms with Gasteiger partial charge in [-0.2, -0.15) is 0 Å². The normalized spacial score (nSPS) is 10.3. The minimum absolute atomic E-state index is 0.220. The topological polar surface area (TPSA) is 55.1 Å². The lowest BCUT2D eigenvalue weighted by Gasteiger charge is -2.08. The van der Waals surface area contributed by atoms with Gasteiger partial charge in [0.1, 0.15) is 0 Å². The molecule has 3 N–H and O–H groups in total. The van der Waals surface area contributed by atoms with Gasteiger partial charge in [-0.1, -0.05) is 42.8 Å². The average Bonchev–Trinajstić information content (AvgIpc) is 2.47. The van der Waals surface area contributed by atoms with Gasteiger partial charge in [-0.3, -0.25) is 4.79 Å². The number of anilines is 1. The van der Waals surface area contributed by atoms with Crippen LogP contribution in [0.25, 0.3) is 0 Å². The molecule has 0 aliphatic carbocycles. The molecule has 0 fully saturated rings. The Bertz CT molecular complexity index is 608. The second kappa shape index (κ2) is 6.44. The fourth-order valence-corrected chi connectivity index (χ4v) is 2.09. The van der Waals surface area contributed by atoms with Crippen molar-refractivity contribution < 1.29 is 4.79 Å². The van der Waals surface area contributed by atoms with E-state index in [0.717, 1.165) is 12.0 Å². The Morgan fingerprint density at radius 3 is 2.45 bits per heavy atom. The number of hydrogen-bond acceptors (Lipinski definition) is 2. The Morgan fingerprint density at radius 1 is 1.15 bits per heavy atom. The van der Waals surface area contributed by atoms with Gasteiger partial charge in [0.15, 0.2) is 0 Å². The van der Waals surface area contributed by atoms with Crippen LogP contribution >= 0.6 is 11.6 Å². The molecule has 0 aliphatic heterocycles. The minimum Gasteiger partial charge on any atom is -0.399 e. The minimum atomic E-state index is -0.220. The molecule has 0 saturated carbocycles. The predicted octanol–water partition coefficient (Wildman–Crippen LogP) is 3.41. The van der Waals surface area contributed by atoms with E-state index >= 15 is 0 Å². The Labute approximate surface area is 123 Å². The van der Waals surface area contributed by atoms with Crippen LogP contribution in [0.5, 0.6) is 0 Å². The van der Waals surface area contributed by atoms with Crippen molar-refractivity contribution >= 4 is 23.2 Å². The standard InChI is InChI=1S/C16H17ClN2O/c1-2-11-3-5-12(6-4-11)10-19-16(20)14-9-13(18)7-8-15(14)17/h3-9H,2,10,18H2,1H3,(H,19,20). The van der Waals surface area contributed by atoms with Crippen LogP contribution < -0.4 is 11.1 Å². The Hall–Kier alpha value is -2.00. The molecule has 3 nitrogen and oxygen atoms in total. The van der Waals surface area contributed by atoms with E-state index in [4.69, 9.17) is 17.3 Å². The molecule has 2 aromatic rings. The SMILES string of the molecule is CCc1ccc(CNC(=O)c2cc(N)ccc2Cl)cc1. The molecule has 2 rings (SSSR count). The van der Waals surface area contributed by atoms with Crippen LogP contribution in [0.3, 0.4) is 0 Å². The summed E-state index contributed by atoms with van der Waals surface area (Å²) in [7, 11) is 0. The molecular weight excluding hydrogens is 272 g/mol. The molecule has 0 bridgehead atoms. The number of carbonyl (C=O) groups is 1. The summed E-state index contributed by atoms with van der Waals surface area (Å²) in [5.74, 6) is -0.220. The lowest BCUT2D eigenvalue weighted by Crippen LogP contribution is -2.23. The fourth-order valence-electron chi connectivity index (χ4n) is 1.89. The van der Waals surface area contributed by atoms with E-state index in [9.17, 15) is 4.79 Å². The molecular formula is C16H17ClN2O. The van der Waals surface area contributed by atoms with Gasteiger partial charge in [-0.05, 0) is 35.7 Å². The summed E-state index contributed by atoms with van der Waals surface area (Å²) in [5.41, 5.74) is 8.91. The van der Waals surface area contributed by atoms with Crippen LogP contribution in [0.2, 0.25) is 5.02 Å². The number of carbonyl (C=O) groups excluding carboxylic acids is 1.